The number of halogens is 3. The van der Waals surface area contributed by atoms with Gasteiger partial charge in [0.1, 0.15) is 5.69 Å². The summed E-state index contributed by atoms with van der Waals surface area (Å²) < 4.78 is 35.8. The van der Waals surface area contributed by atoms with E-state index in [1.165, 1.54) is 0 Å². The number of aliphatic carboxylic acids is 1. The zero-order valence-corrected chi connectivity index (χ0v) is 20.6. The Morgan fingerprint density at radius 3 is 2.14 bits per heavy atom. The van der Waals surface area contributed by atoms with Crippen LogP contribution in [0.5, 0.6) is 0 Å². The highest BCUT2D eigenvalue weighted by Crippen LogP contribution is 2.33. The van der Waals surface area contributed by atoms with E-state index in [1.54, 1.807) is 18.5 Å². The predicted octanol–water partition coefficient (Wildman–Crippen LogP) is 3.71. The molecule has 0 aliphatic carbocycles. The molecule has 0 spiro atoms. The maximum absolute atomic E-state index is 13.6. The first kappa shape index (κ1) is 26.1. The van der Waals surface area contributed by atoms with Crippen LogP contribution in [-0.2, 0) is 11.8 Å². The first-order valence-electron chi connectivity index (χ1n) is 11.7. The van der Waals surface area contributed by atoms with E-state index in [4.69, 9.17) is 9.90 Å². The fourth-order valence-electron chi connectivity index (χ4n) is 4.48. The average Bonchev–Trinajstić information content (AvgIpc) is 3.40. The van der Waals surface area contributed by atoms with Gasteiger partial charge in [-0.2, -0.15) is 13.2 Å². The maximum Gasteiger partial charge on any atom is 0.490 e. The lowest BCUT2D eigenvalue weighted by Gasteiger charge is -2.36. The number of aryl methyl sites for hydroxylation is 1. The number of carboxylic acids is 1. The number of hydrogen-bond donors (Lipinski definition) is 1. The van der Waals surface area contributed by atoms with Crippen molar-refractivity contribution in [3.8, 4) is 5.95 Å². The third-order valence-corrected chi connectivity index (χ3v) is 6.41. The monoisotopic (exact) mass is 516 g/mol. The Morgan fingerprint density at radius 2 is 1.57 bits per heavy atom. The summed E-state index contributed by atoms with van der Waals surface area (Å²) >= 11 is 0. The van der Waals surface area contributed by atoms with Gasteiger partial charge < -0.3 is 14.6 Å². The third kappa shape index (κ3) is 5.15. The first-order chi connectivity index (χ1) is 17.5. The van der Waals surface area contributed by atoms with Crippen molar-refractivity contribution in [1.29, 1.82) is 0 Å². The molecule has 1 fully saturated rings. The number of piperazine rings is 1. The van der Waals surface area contributed by atoms with Crippen molar-refractivity contribution in [3.63, 3.8) is 0 Å². The van der Waals surface area contributed by atoms with E-state index in [1.807, 2.05) is 34.7 Å². The molecule has 1 N–H and O–H groups in total. The molecule has 3 aromatic heterocycles. The molecule has 1 aliphatic heterocycles. The van der Waals surface area contributed by atoms with Crippen LogP contribution >= 0.6 is 0 Å². The fourth-order valence-corrected chi connectivity index (χ4v) is 4.48. The molecule has 9 nitrogen and oxygen atoms in total. The molecular formula is C25H27F3N6O3. The lowest BCUT2D eigenvalue weighted by molar-refractivity contribution is -0.192. The second-order valence-corrected chi connectivity index (χ2v) is 8.95. The van der Waals surface area contributed by atoms with Gasteiger partial charge in [-0.25, -0.2) is 14.8 Å². The molecule has 4 heterocycles. The number of carbonyl (C=O) groups is 2. The van der Waals surface area contributed by atoms with E-state index in [2.05, 4.69) is 45.4 Å². The van der Waals surface area contributed by atoms with Gasteiger partial charge in [-0.05, 0) is 32.0 Å². The molecule has 0 atom stereocenters. The lowest BCUT2D eigenvalue weighted by Crippen LogP contribution is -2.51. The van der Waals surface area contributed by atoms with Crippen LogP contribution < -0.4 is 0 Å². The molecular weight excluding hydrogens is 489 g/mol. The SMILES string of the molecule is CC(C)N1CCN(C(=O)c2cc3c(c4ccccc4n3C)n2-c2ncccn2)CC1.O=C(O)C(F)(F)F. The highest BCUT2D eigenvalue weighted by Gasteiger charge is 2.38. The Hall–Kier alpha value is -3.93. The van der Waals surface area contributed by atoms with Gasteiger partial charge in [-0.3, -0.25) is 14.3 Å². The van der Waals surface area contributed by atoms with E-state index >= 15 is 0 Å². The molecule has 1 aromatic carbocycles. The molecule has 37 heavy (non-hydrogen) atoms. The Labute approximate surface area is 210 Å². The number of alkyl halides is 3. The maximum atomic E-state index is 13.6. The van der Waals surface area contributed by atoms with Gasteiger partial charge >= 0.3 is 12.1 Å². The van der Waals surface area contributed by atoms with E-state index in [9.17, 15) is 18.0 Å². The van der Waals surface area contributed by atoms with E-state index in [0.29, 0.717) is 17.7 Å². The number of rotatable bonds is 3. The van der Waals surface area contributed by atoms with Gasteiger partial charge in [0, 0.05) is 57.0 Å². The van der Waals surface area contributed by atoms with Gasteiger partial charge in [0.15, 0.2) is 0 Å². The minimum Gasteiger partial charge on any atom is -0.475 e. The molecule has 196 valence electrons. The summed E-state index contributed by atoms with van der Waals surface area (Å²) in [5.74, 6) is -2.20. The largest absolute Gasteiger partial charge is 0.490 e. The molecule has 1 saturated heterocycles. The zero-order chi connectivity index (χ0) is 26.9. The summed E-state index contributed by atoms with van der Waals surface area (Å²) in [7, 11) is 2.04. The van der Waals surface area contributed by atoms with Gasteiger partial charge in [-0.1, -0.05) is 18.2 Å². The normalized spacial score (nSPS) is 14.7. The number of carbonyl (C=O) groups excluding carboxylic acids is 1. The van der Waals surface area contributed by atoms with Crippen LogP contribution in [0.2, 0.25) is 0 Å². The van der Waals surface area contributed by atoms with Gasteiger partial charge in [0.25, 0.3) is 5.91 Å². The second-order valence-electron chi connectivity index (χ2n) is 8.95. The number of nitrogens with zero attached hydrogens (tertiary/aromatic N) is 6. The molecule has 0 unspecified atom stereocenters. The molecule has 0 bridgehead atoms. The number of benzene rings is 1. The van der Waals surface area contributed by atoms with E-state index in [-0.39, 0.29) is 5.91 Å². The Balaban J connectivity index is 0.000000405. The number of hydrogen-bond acceptors (Lipinski definition) is 5. The van der Waals surface area contributed by atoms with Crippen molar-refractivity contribution < 1.29 is 27.9 Å². The van der Waals surface area contributed by atoms with Crippen LogP contribution in [0.4, 0.5) is 13.2 Å². The molecule has 1 amide bonds. The number of carboxylic acid groups (broad SMARTS) is 1. The molecule has 0 radical (unpaired) electrons. The van der Waals surface area contributed by atoms with E-state index in [0.717, 1.165) is 48.1 Å². The van der Waals surface area contributed by atoms with Gasteiger partial charge in [0.05, 0.1) is 16.6 Å². The fraction of sp³-hybridized carbons (Fsp3) is 0.360. The highest BCUT2D eigenvalue weighted by atomic mass is 19.4. The summed E-state index contributed by atoms with van der Waals surface area (Å²) in [5, 5.41) is 8.21. The molecule has 1 aliphatic rings. The number of aromatic nitrogens is 4. The number of fused-ring (bicyclic) bond motifs is 3. The lowest BCUT2D eigenvalue weighted by atomic mass is 10.2. The van der Waals surface area contributed by atoms with Crippen molar-refractivity contribution in [2.75, 3.05) is 26.2 Å². The zero-order valence-electron chi connectivity index (χ0n) is 20.6. The molecule has 0 saturated carbocycles. The summed E-state index contributed by atoms with van der Waals surface area (Å²) in [6.07, 6.45) is -1.65. The van der Waals surface area contributed by atoms with Crippen molar-refractivity contribution >= 4 is 33.8 Å². The smallest absolute Gasteiger partial charge is 0.475 e. The summed E-state index contributed by atoms with van der Waals surface area (Å²) in [6.45, 7) is 7.66. The van der Waals surface area contributed by atoms with Crippen LogP contribution in [0.1, 0.15) is 24.3 Å². The minimum atomic E-state index is -5.08. The number of para-hydroxylation sites is 1. The van der Waals surface area contributed by atoms with Gasteiger partial charge in [0.2, 0.25) is 5.95 Å². The van der Waals surface area contributed by atoms with Crippen molar-refractivity contribution in [1.82, 2.24) is 28.9 Å². The van der Waals surface area contributed by atoms with Gasteiger partial charge in [-0.15, -0.1) is 0 Å². The molecule has 5 rings (SSSR count). The van der Waals surface area contributed by atoms with Crippen LogP contribution in [0.3, 0.4) is 0 Å². The van der Waals surface area contributed by atoms with Crippen molar-refractivity contribution in [3.05, 3.63) is 54.5 Å². The van der Waals surface area contributed by atoms with Crippen LogP contribution in [0.15, 0.2) is 48.8 Å². The topological polar surface area (TPSA) is 96.5 Å². The Bertz CT molecular complexity index is 1420. The summed E-state index contributed by atoms with van der Waals surface area (Å²) in [4.78, 5) is 35.8. The van der Waals surface area contributed by atoms with Crippen LogP contribution in [0.25, 0.3) is 27.9 Å². The number of amides is 1. The molecule has 4 aromatic rings. The van der Waals surface area contributed by atoms with Crippen LogP contribution in [-0.4, -0.2) is 84.3 Å². The predicted molar refractivity (Wildman–Crippen MR) is 132 cm³/mol. The third-order valence-electron chi connectivity index (χ3n) is 6.41. The second kappa shape index (κ2) is 10.2. The average molecular weight is 517 g/mol. The Kier molecular flexibility index (Phi) is 7.21. The standard InChI is InChI=1S/C23H26N6O.C2HF3O2/c1-16(2)27-11-13-28(14-12-27)22(30)20-15-19-21(29(20)23-24-9-6-10-25-23)17-7-4-5-8-18(17)26(19)3;3-2(4,5)1(6)7/h4-10,15-16H,11-14H2,1-3H3;(H,6,7). The summed E-state index contributed by atoms with van der Waals surface area (Å²) in [6, 6.07) is 12.5. The summed E-state index contributed by atoms with van der Waals surface area (Å²) in [5.41, 5.74) is 3.72. The Morgan fingerprint density at radius 1 is 0.973 bits per heavy atom. The van der Waals surface area contributed by atoms with Crippen molar-refractivity contribution in [2.45, 2.75) is 26.1 Å². The van der Waals surface area contributed by atoms with Crippen LogP contribution in [0, 0.1) is 0 Å². The first-order valence-corrected chi connectivity index (χ1v) is 11.7. The van der Waals surface area contributed by atoms with E-state index < -0.39 is 12.1 Å². The molecule has 12 heteroatoms. The van der Waals surface area contributed by atoms with Crippen molar-refractivity contribution in [2.24, 2.45) is 7.05 Å². The minimum absolute atomic E-state index is 0.0335. The quantitative estimate of drug-likeness (QED) is 0.446. The highest BCUT2D eigenvalue weighted by molar-refractivity contribution is 6.10.